The Morgan fingerprint density at radius 2 is 2.00 bits per heavy atom. The molecule has 1 saturated heterocycles. The SMILES string of the molecule is CCCNC(=O)CCNC(=O)[C@@]1(N)CCN(c2ccc(F)c(C)c2Cn2cnc3c(N)ncnc32)C1. The van der Waals surface area contributed by atoms with E-state index in [9.17, 15) is 14.0 Å². The van der Waals surface area contributed by atoms with Gasteiger partial charge in [-0.1, -0.05) is 6.92 Å². The topological polar surface area (TPSA) is 157 Å². The minimum atomic E-state index is -1.12. The first kappa shape index (κ1) is 25.3. The third kappa shape index (κ3) is 5.08. The van der Waals surface area contributed by atoms with Crippen LogP contribution >= 0.6 is 0 Å². The molecule has 1 aliphatic heterocycles. The summed E-state index contributed by atoms with van der Waals surface area (Å²) in [5, 5.41) is 5.57. The second-order valence-electron chi connectivity index (χ2n) is 9.16. The number of rotatable bonds is 9. The minimum absolute atomic E-state index is 0.109. The highest BCUT2D eigenvalue weighted by Crippen LogP contribution is 2.32. The number of amides is 2. The van der Waals surface area contributed by atoms with Gasteiger partial charge < -0.3 is 31.6 Å². The van der Waals surface area contributed by atoms with E-state index in [0.717, 1.165) is 17.7 Å². The molecule has 0 saturated carbocycles. The summed E-state index contributed by atoms with van der Waals surface area (Å²) in [6.45, 7) is 5.61. The van der Waals surface area contributed by atoms with E-state index in [4.69, 9.17) is 11.5 Å². The van der Waals surface area contributed by atoms with E-state index in [2.05, 4.69) is 25.6 Å². The number of carbonyl (C=O) groups excluding carboxylic acids is 2. The Morgan fingerprint density at radius 1 is 1.19 bits per heavy atom. The standard InChI is InChI=1S/C24H32FN9O2/c1-3-8-28-19(35)6-9-29-23(36)24(27)7-10-33(12-24)18-5-4-17(25)15(2)16(18)11-34-14-32-20-21(26)30-13-31-22(20)34/h4-5,13-14H,3,6-12,27H2,1-2H3,(H,28,35)(H,29,36)(H2,26,30,31)/t24-/m1/s1. The first-order chi connectivity index (χ1) is 17.2. The predicted molar refractivity (Wildman–Crippen MR) is 135 cm³/mol. The van der Waals surface area contributed by atoms with E-state index in [1.54, 1.807) is 23.9 Å². The number of nitrogens with zero attached hydrogens (tertiary/aromatic N) is 5. The summed E-state index contributed by atoms with van der Waals surface area (Å²) in [4.78, 5) is 39.2. The number of nitrogens with two attached hydrogens (primary N) is 2. The van der Waals surface area contributed by atoms with E-state index in [1.165, 1.54) is 12.4 Å². The molecule has 192 valence electrons. The van der Waals surface area contributed by atoms with Crippen LogP contribution in [0.4, 0.5) is 15.9 Å². The minimum Gasteiger partial charge on any atom is -0.382 e. The van der Waals surface area contributed by atoms with Crippen LogP contribution in [0.1, 0.15) is 37.3 Å². The zero-order valence-electron chi connectivity index (χ0n) is 20.6. The van der Waals surface area contributed by atoms with E-state index in [1.807, 2.05) is 11.8 Å². The van der Waals surface area contributed by atoms with Crippen LogP contribution in [0.25, 0.3) is 11.2 Å². The summed E-state index contributed by atoms with van der Waals surface area (Å²) in [5.41, 5.74) is 14.3. The zero-order valence-corrected chi connectivity index (χ0v) is 20.6. The van der Waals surface area contributed by atoms with Crippen LogP contribution in [-0.4, -0.2) is 63.1 Å². The van der Waals surface area contributed by atoms with Gasteiger partial charge in [-0.05, 0) is 37.5 Å². The lowest BCUT2D eigenvalue weighted by Gasteiger charge is -2.27. The number of imidazole rings is 1. The summed E-state index contributed by atoms with van der Waals surface area (Å²) in [7, 11) is 0. The number of anilines is 2. The summed E-state index contributed by atoms with van der Waals surface area (Å²) in [6, 6.07) is 3.13. The van der Waals surface area contributed by atoms with Gasteiger partial charge in [-0.3, -0.25) is 9.59 Å². The molecular weight excluding hydrogens is 465 g/mol. The highest BCUT2D eigenvalue weighted by Gasteiger charge is 2.41. The van der Waals surface area contributed by atoms with E-state index in [0.29, 0.717) is 42.8 Å². The second-order valence-corrected chi connectivity index (χ2v) is 9.16. The zero-order chi connectivity index (χ0) is 25.9. The Balaban J connectivity index is 1.50. The Kier molecular flexibility index (Phi) is 7.34. The first-order valence-corrected chi connectivity index (χ1v) is 12.0. The third-order valence-corrected chi connectivity index (χ3v) is 6.57. The molecule has 1 atom stereocenters. The molecule has 3 aromatic rings. The maximum Gasteiger partial charge on any atom is 0.242 e. The molecule has 3 heterocycles. The molecule has 36 heavy (non-hydrogen) atoms. The van der Waals surface area contributed by atoms with Crippen molar-refractivity contribution in [3.63, 3.8) is 0 Å². The van der Waals surface area contributed by atoms with Crippen LogP contribution in [0.3, 0.4) is 0 Å². The molecule has 2 amide bonds. The van der Waals surface area contributed by atoms with E-state index in [-0.39, 0.29) is 43.0 Å². The van der Waals surface area contributed by atoms with E-state index < -0.39 is 5.54 Å². The molecule has 1 aromatic carbocycles. The fraction of sp³-hybridized carbons (Fsp3) is 0.458. The fourth-order valence-electron chi connectivity index (χ4n) is 4.44. The number of benzene rings is 1. The monoisotopic (exact) mass is 497 g/mol. The highest BCUT2D eigenvalue weighted by atomic mass is 19.1. The molecule has 2 aromatic heterocycles. The van der Waals surface area contributed by atoms with Gasteiger partial charge in [0.05, 0.1) is 12.9 Å². The molecule has 1 fully saturated rings. The molecule has 0 bridgehead atoms. The number of hydrogen-bond donors (Lipinski definition) is 4. The van der Waals surface area contributed by atoms with Crippen molar-refractivity contribution >= 4 is 34.5 Å². The number of nitrogens with one attached hydrogen (secondary N) is 2. The van der Waals surface area contributed by atoms with Gasteiger partial charge in [0.2, 0.25) is 11.8 Å². The van der Waals surface area contributed by atoms with Crippen molar-refractivity contribution in [1.82, 2.24) is 30.2 Å². The van der Waals surface area contributed by atoms with E-state index >= 15 is 0 Å². The average molecular weight is 498 g/mol. The van der Waals surface area contributed by atoms with Crippen molar-refractivity contribution in [3.05, 3.63) is 41.7 Å². The van der Waals surface area contributed by atoms with Gasteiger partial charge in [-0.15, -0.1) is 0 Å². The molecule has 12 heteroatoms. The normalized spacial score (nSPS) is 17.5. The van der Waals surface area contributed by atoms with Crippen LogP contribution in [-0.2, 0) is 16.1 Å². The third-order valence-electron chi connectivity index (χ3n) is 6.57. The van der Waals surface area contributed by atoms with Crippen molar-refractivity contribution in [3.8, 4) is 0 Å². The van der Waals surface area contributed by atoms with Gasteiger partial charge in [0.1, 0.15) is 23.2 Å². The number of aromatic nitrogens is 4. The van der Waals surface area contributed by atoms with Crippen LogP contribution in [0.15, 0.2) is 24.8 Å². The summed E-state index contributed by atoms with van der Waals surface area (Å²) < 4.78 is 16.4. The lowest BCUT2D eigenvalue weighted by Crippen LogP contribution is -2.56. The van der Waals surface area contributed by atoms with Crippen molar-refractivity contribution in [1.29, 1.82) is 0 Å². The summed E-state index contributed by atoms with van der Waals surface area (Å²) in [5.74, 6) is -0.468. The second kappa shape index (κ2) is 10.4. The van der Waals surface area contributed by atoms with Crippen molar-refractivity contribution in [2.45, 2.75) is 45.2 Å². The van der Waals surface area contributed by atoms with Crippen molar-refractivity contribution in [2.75, 3.05) is 36.8 Å². The molecule has 6 N–H and O–H groups in total. The number of carbonyl (C=O) groups is 2. The van der Waals surface area contributed by atoms with Gasteiger partial charge in [-0.25, -0.2) is 19.3 Å². The molecule has 0 radical (unpaired) electrons. The molecule has 11 nitrogen and oxygen atoms in total. The number of hydrogen-bond acceptors (Lipinski definition) is 8. The van der Waals surface area contributed by atoms with Gasteiger partial charge in [0.25, 0.3) is 0 Å². The molecule has 1 aliphatic rings. The Morgan fingerprint density at radius 3 is 2.78 bits per heavy atom. The molecular formula is C24H32FN9O2. The van der Waals surface area contributed by atoms with Crippen molar-refractivity contribution in [2.24, 2.45) is 5.73 Å². The number of nitrogen functional groups attached to an aromatic ring is 1. The summed E-state index contributed by atoms with van der Waals surface area (Å²) in [6.07, 6.45) is 4.44. The predicted octanol–water partition coefficient (Wildman–Crippen LogP) is 0.844. The Hall–Kier alpha value is -3.80. The maximum atomic E-state index is 14.6. The summed E-state index contributed by atoms with van der Waals surface area (Å²) >= 11 is 0. The molecule has 0 unspecified atom stereocenters. The molecule has 0 aliphatic carbocycles. The maximum absolute atomic E-state index is 14.6. The van der Waals surface area contributed by atoms with Crippen LogP contribution in [0, 0.1) is 12.7 Å². The fourth-order valence-corrected chi connectivity index (χ4v) is 4.44. The first-order valence-electron chi connectivity index (χ1n) is 12.0. The van der Waals surface area contributed by atoms with Gasteiger partial charge in [-0.2, -0.15) is 0 Å². The lowest BCUT2D eigenvalue weighted by atomic mass is 9.99. The lowest BCUT2D eigenvalue weighted by molar-refractivity contribution is -0.126. The quantitative estimate of drug-likeness (QED) is 0.339. The Labute approximate surface area is 208 Å². The van der Waals surface area contributed by atoms with Gasteiger partial charge in [0.15, 0.2) is 11.5 Å². The molecule has 0 spiro atoms. The van der Waals surface area contributed by atoms with Crippen LogP contribution in [0.5, 0.6) is 0 Å². The molecule has 4 rings (SSSR count). The number of halogens is 1. The largest absolute Gasteiger partial charge is 0.382 e. The Bertz CT molecular complexity index is 1280. The van der Waals surface area contributed by atoms with Crippen LogP contribution in [0.2, 0.25) is 0 Å². The van der Waals surface area contributed by atoms with Crippen molar-refractivity contribution < 1.29 is 14.0 Å². The van der Waals surface area contributed by atoms with Gasteiger partial charge >= 0.3 is 0 Å². The smallest absolute Gasteiger partial charge is 0.242 e. The van der Waals surface area contributed by atoms with Crippen LogP contribution < -0.4 is 27.0 Å². The highest BCUT2D eigenvalue weighted by molar-refractivity contribution is 5.88. The van der Waals surface area contributed by atoms with Gasteiger partial charge in [0, 0.05) is 43.9 Å². The number of fused-ring (bicyclic) bond motifs is 1. The average Bonchev–Trinajstić information content (AvgIpc) is 3.46.